The molecule has 27 heavy (non-hydrogen) atoms. The number of carboxylic acids is 1. The summed E-state index contributed by atoms with van der Waals surface area (Å²) in [6.07, 6.45) is 3.35. The minimum Gasteiger partial charge on any atom is -0.480 e. The number of aromatic nitrogens is 2. The normalized spacial score (nSPS) is 11.6. The number of rotatable bonds is 9. The zero-order valence-corrected chi connectivity index (χ0v) is 14.9. The van der Waals surface area contributed by atoms with E-state index in [9.17, 15) is 19.5 Å². The molecule has 1 unspecified atom stereocenters. The summed E-state index contributed by atoms with van der Waals surface area (Å²) in [4.78, 5) is 38.4. The van der Waals surface area contributed by atoms with E-state index in [0.717, 1.165) is 5.56 Å². The van der Waals surface area contributed by atoms with E-state index in [1.54, 1.807) is 29.2 Å². The van der Waals surface area contributed by atoms with Gasteiger partial charge in [-0.05, 0) is 6.07 Å². The number of carbonyl (C=O) groups is 3. The van der Waals surface area contributed by atoms with E-state index < -0.39 is 23.9 Å². The SMILES string of the molecule is CC(=O)Oc1ccccc1Cn1cnc(CC(NC(=O)CCN)C(=O)O)c1. The highest BCUT2D eigenvalue weighted by Crippen LogP contribution is 2.19. The van der Waals surface area contributed by atoms with E-state index in [2.05, 4.69) is 10.3 Å². The number of aliphatic carboxylic acids is 1. The molecule has 0 radical (unpaired) electrons. The van der Waals surface area contributed by atoms with Gasteiger partial charge in [0.15, 0.2) is 0 Å². The Kier molecular flexibility index (Phi) is 7.07. The molecule has 0 aliphatic rings. The Hall–Kier alpha value is -3.20. The van der Waals surface area contributed by atoms with Crippen molar-refractivity contribution in [3.05, 3.63) is 48.0 Å². The Balaban J connectivity index is 2.07. The van der Waals surface area contributed by atoms with Crippen molar-refractivity contribution in [3.63, 3.8) is 0 Å². The van der Waals surface area contributed by atoms with Gasteiger partial charge in [-0.25, -0.2) is 9.78 Å². The molecule has 0 saturated heterocycles. The van der Waals surface area contributed by atoms with Gasteiger partial charge in [0, 0.05) is 38.1 Å². The number of ether oxygens (including phenoxy) is 1. The Bertz CT molecular complexity index is 818. The van der Waals surface area contributed by atoms with Crippen molar-refractivity contribution in [3.8, 4) is 5.75 Å². The van der Waals surface area contributed by atoms with E-state index in [-0.39, 0.29) is 19.4 Å². The number of hydrogen-bond acceptors (Lipinski definition) is 6. The van der Waals surface area contributed by atoms with Crippen molar-refractivity contribution >= 4 is 17.8 Å². The predicted molar refractivity (Wildman–Crippen MR) is 96.0 cm³/mol. The lowest BCUT2D eigenvalue weighted by atomic mass is 10.1. The van der Waals surface area contributed by atoms with E-state index in [1.165, 1.54) is 6.92 Å². The van der Waals surface area contributed by atoms with Crippen LogP contribution in [-0.2, 0) is 27.3 Å². The lowest BCUT2D eigenvalue weighted by Crippen LogP contribution is -2.42. The quantitative estimate of drug-likeness (QED) is 0.424. The Morgan fingerprint density at radius 2 is 2.07 bits per heavy atom. The van der Waals surface area contributed by atoms with Crippen LogP contribution in [0.2, 0.25) is 0 Å². The molecule has 9 nitrogen and oxygen atoms in total. The number of nitrogens with two attached hydrogens (primary N) is 1. The molecule has 1 heterocycles. The van der Waals surface area contributed by atoms with Crippen LogP contribution in [-0.4, -0.2) is 45.1 Å². The first-order valence-electron chi connectivity index (χ1n) is 8.38. The van der Waals surface area contributed by atoms with Gasteiger partial charge in [-0.15, -0.1) is 0 Å². The van der Waals surface area contributed by atoms with Crippen LogP contribution in [0.25, 0.3) is 0 Å². The van der Waals surface area contributed by atoms with E-state index >= 15 is 0 Å². The monoisotopic (exact) mass is 374 g/mol. The topological polar surface area (TPSA) is 137 Å². The van der Waals surface area contributed by atoms with Crippen molar-refractivity contribution in [1.82, 2.24) is 14.9 Å². The molecule has 0 saturated carbocycles. The maximum atomic E-state index is 11.6. The zero-order chi connectivity index (χ0) is 19.8. The van der Waals surface area contributed by atoms with Crippen LogP contribution < -0.4 is 15.8 Å². The van der Waals surface area contributed by atoms with Gasteiger partial charge in [-0.1, -0.05) is 18.2 Å². The summed E-state index contributed by atoms with van der Waals surface area (Å²) in [6.45, 7) is 1.87. The third-order valence-corrected chi connectivity index (χ3v) is 3.68. The fourth-order valence-electron chi connectivity index (χ4n) is 2.49. The van der Waals surface area contributed by atoms with E-state index in [4.69, 9.17) is 10.5 Å². The summed E-state index contributed by atoms with van der Waals surface area (Å²) >= 11 is 0. The average molecular weight is 374 g/mol. The van der Waals surface area contributed by atoms with E-state index in [1.807, 2.05) is 12.1 Å². The highest BCUT2D eigenvalue weighted by atomic mass is 16.5. The molecule has 2 aromatic rings. The van der Waals surface area contributed by atoms with Crippen LogP contribution in [0.15, 0.2) is 36.8 Å². The molecular weight excluding hydrogens is 352 g/mol. The minimum absolute atomic E-state index is 0.0459. The summed E-state index contributed by atoms with van der Waals surface area (Å²) in [5, 5.41) is 11.7. The van der Waals surface area contributed by atoms with Gasteiger partial charge < -0.3 is 25.5 Å². The van der Waals surface area contributed by atoms with Gasteiger partial charge in [0.1, 0.15) is 11.8 Å². The van der Waals surface area contributed by atoms with Crippen LogP contribution in [0.3, 0.4) is 0 Å². The molecule has 1 amide bonds. The number of benzene rings is 1. The summed E-state index contributed by atoms with van der Waals surface area (Å²) in [7, 11) is 0. The van der Waals surface area contributed by atoms with Gasteiger partial charge >= 0.3 is 11.9 Å². The third-order valence-electron chi connectivity index (χ3n) is 3.68. The first-order valence-corrected chi connectivity index (χ1v) is 8.38. The molecule has 1 atom stereocenters. The molecule has 144 valence electrons. The summed E-state index contributed by atoms with van der Waals surface area (Å²) in [5.74, 6) is -1.52. The molecule has 1 aromatic carbocycles. The van der Waals surface area contributed by atoms with Gasteiger partial charge in [0.25, 0.3) is 0 Å². The van der Waals surface area contributed by atoms with Gasteiger partial charge in [-0.2, -0.15) is 0 Å². The van der Waals surface area contributed by atoms with Crippen LogP contribution in [0, 0.1) is 0 Å². The summed E-state index contributed by atoms with van der Waals surface area (Å²) < 4.78 is 6.93. The number of imidazole rings is 1. The number of para-hydroxylation sites is 1. The van der Waals surface area contributed by atoms with Crippen molar-refractivity contribution in [1.29, 1.82) is 0 Å². The Labute approximate surface area is 156 Å². The lowest BCUT2D eigenvalue weighted by Gasteiger charge is -2.13. The maximum Gasteiger partial charge on any atom is 0.326 e. The van der Waals surface area contributed by atoms with Crippen molar-refractivity contribution in [2.24, 2.45) is 5.73 Å². The Morgan fingerprint density at radius 1 is 1.33 bits per heavy atom. The molecule has 9 heteroatoms. The second-order valence-electron chi connectivity index (χ2n) is 5.94. The average Bonchev–Trinajstić information content (AvgIpc) is 3.03. The largest absolute Gasteiger partial charge is 0.480 e. The van der Waals surface area contributed by atoms with Gasteiger partial charge in [0.2, 0.25) is 5.91 Å². The fourth-order valence-corrected chi connectivity index (χ4v) is 2.49. The first kappa shape index (κ1) is 20.1. The van der Waals surface area contributed by atoms with Crippen LogP contribution in [0.1, 0.15) is 24.6 Å². The molecule has 0 bridgehead atoms. The highest BCUT2D eigenvalue weighted by molar-refractivity contribution is 5.83. The summed E-state index contributed by atoms with van der Waals surface area (Å²) in [6, 6.07) is 6.03. The molecule has 0 fully saturated rings. The van der Waals surface area contributed by atoms with Crippen molar-refractivity contribution in [2.75, 3.05) is 6.54 Å². The molecule has 0 aliphatic carbocycles. The minimum atomic E-state index is -1.14. The second kappa shape index (κ2) is 9.48. The van der Waals surface area contributed by atoms with Crippen LogP contribution >= 0.6 is 0 Å². The molecule has 0 aliphatic heterocycles. The molecule has 1 aromatic heterocycles. The van der Waals surface area contributed by atoms with Crippen molar-refractivity contribution in [2.45, 2.75) is 32.4 Å². The smallest absolute Gasteiger partial charge is 0.326 e. The standard InChI is InChI=1S/C18H22N4O5/c1-12(23)27-16-5-3-2-4-13(16)9-22-10-14(20-11-22)8-15(18(25)26)21-17(24)6-7-19/h2-5,10-11,15H,6-9,19H2,1H3,(H,21,24)(H,25,26). The molecule has 0 spiro atoms. The predicted octanol–water partition coefficient (Wildman–Crippen LogP) is 0.317. The second-order valence-corrected chi connectivity index (χ2v) is 5.94. The number of hydrogen-bond donors (Lipinski definition) is 3. The van der Waals surface area contributed by atoms with E-state index in [0.29, 0.717) is 18.0 Å². The van der Waals surface area contributed by atoms with Gasteiger partial charge in [-0.3, -0.25) is 9.59 Å². The Morgan fingerprint density at radius 3 is 2.74 bits per heavy atom. The zero-order valence-electron chi connectivity index (χ0n) is 14.9. The number of amides is 1. The number of nitrogens with zero attached hydrogens (tertiary/aromatic N) is 2. The number of nitrogens with one attached hydrogen (secondary N) is 1. The third kappa shape index (κ3) is 6.23. The molecule has 2 rings (SSSR count). The van der Waals surface area contributed by atoms with Crippen LogP contribution in [0.4, 0.5) is 0 Å². The number of esters is 1. The highest BCUT2D eigenvalue weighted by Gasteiger charge is 2.21. The van der Waals surface area contributed by atoms with Crippen LogP contribution in [0.5, 0.6) is 5.75 Å². The van der Waals surface area contributed by atoms with Crippen molar-refractivity contribution < 1.29 is 24.2 Å². The molecule has 4 N–H and O–H groups in total. The van der Waals surface area contributed by atoms with Gasteiger partial charge in [0.05, 0.1) is 18.6 Å². The summed E-state index contributed by atoms with van der Waals surface area (Å²) in [5.41, 5.74) is 6.59. The first-order chi connectivity index (χ1) is 12.9. The lowest BCUT2D eigenvalue weighted by molar-refractivity contribution is -0.141. The number of carbonyl (C=O) groups excluding carboxylic acids is 2. The molecular formula is C18H22N4O5. The maximum absolute atomic E-state index is 11.6. The number of carboxylic acid groups (broad SMARTS) is 1. The fraction of sp³-hybridized carbons (Fsp3) is 0.333.